The molecule has 1 aliphatic carbocycles. The predicted molar refractivity (Wildman–Crippen MR) is 270 cm³/mol. The van der Waals surface area contributed by atoms with Gasteiger partial charge >= 0.3 is 0 Å². The van der Waals surface area contributed by atoms with E-state index in [2.05, 4.69) is 13.8 Å². The first-order valence-electron chi connectivity index (χ1n) is 28.9. The maximum Gasteiger partial charge on any atom is 0.0431 e. The summed E-state index contributed by atoms with van der Waals surface area (Å²) in [5.74, 6) is 0. The fourth-order valence-corrected chi connectivity index (χ4v) is 11.5. The molecule has 1 fully saturated rings. The summed E-state index contributed by atoms with van der Waals surface area (Å²) >= 11 is 0. The number of aliphatic hydroxyl groups excluding tert-OH is 2. The SMILES string of the molecule is CCCCCCCCCCCC1(CCCCCCCCCCC)CCCCCCC(CCCCCCCCCCCO)(CCCCCCCCCCCO)CCCCCC1. The van der Waals surface area contributed by atoms with Crippen LogP contribution in [-0.2, 0) is 0 Å². The molecule has 1 rings (SSSR count). The molecular weight excluding hydrogens is 729 g/mol. The number of unbranched alkanes of at least 4 members (excludes halogenated alkanes) is 32. The molecule has 360 valence electrons. The summed E-state index contributed by atoms with van der Waals surface area (Å²) in [6.07, 6.45) is 74.6. The van der Waals surface area contributed by atoms with E-state index in [0.717, 1.165) is 12.8 Å². The van der Waals surface area contributed by atoms with Crippen molar-refractivity contribution >= 4 is 0 Å². The van der Waals surface area contributed by atoms with Crippen LogP contribution in [0.2, 0.25) is 0 Å². The highest BCUT2D eigenvalue weighted by Gasteiger charge is 2.30. The third kappa shape index (κ3) is 36.3. The minimum Gasteiger partial charge on any atom is -0.396 e. The van der Waals surface area contributed by atoms with Crippen LogP contribution >= 0.6 is 0 Å². The molecule has 0 aromatic carbocycles. The first kappa shape index (κ1) is 57.9. The first-order valence-corrected chi connectivity index (χ1v) is 28.9. The molecule has 0 bridgehead atoms. The van der Waals surface area contributed by atoms with Gasteiger partial charge in [0.25, 0.3) is 0 Å². The standard InChI is InChI=1S/C58H116O2/c1-3-5-7-9-11-15-21-27-37-47-57(48-38-28-22-16-12-10-8-6-4-2)51-41-31-33-43-53-58(54-44-34-32-42-52-57,49-39-29-23-17-13-19-25-35-45-55-59)50-40-30-24-18-14-20-26-36-46-56-60/h59-60H,3-56H2,1-2H3. The smallest absolute Gasteiger partial charge is 0.0431 e. The Balaban J connectivity index is 2.77. The van der Waals surface area contributed by atoms with Gasteiger partial charge in [-0.15, -0.1) is 0 Å². The van der Waals surface area contributed by atoms with Crippen LogP contribution in [0.5, 0.6) is 0 Å². The van der Waals surface area contributed by atoms with Crippen LogP contribution in [0.3, 0.4) is 0 Å². The lowest BCUT2D eigenvalue weighted by Gasteiger charge is -2.37. The topological polar surface area (TPSA) is 40.5 Å². The van der Waals surface area contributed by atoms with Gasteiger partial charge in [0.05, 0.1) is 0 Å². The number of hydrogen-bond acceptors (Lipinski definition) is 2. The molecule has 0 amide bonds. The monoisotopic (exact) mass is 845 g/mol. The van der Waals surface area contributed by atoms with Gasteiger partial charge in [-0.25, -0.2) is 0 Å². The van der Waals surface area contributed by atoms with Gasteiger partial charge in [0.1, 0.15) is 0 Å². The summed E-state index contributed by atoms with van der Waals surface area (Å²) in [6.45, 7) is 5.42. The van der Waals surface area contributed by atoms with E-state index in [-0.39, 0.29) is 0 Å². The molecule has 0 atom stereocenters. The van der Waals surface area contributed by atoms with Gasteiger partial charge in [-0.3, -0.25) is 0 Å². The van der Waals surface area contributed by atoms with E-state index >= 15 is 0 Å². The maximum absolute atomic E-state index is 9.09. The molecule has 60 heavy (non-hydrogen) atoms. The Hall–Kier alpha value is -0.0800. The molecule has 1 aliphatic rings. The van der Waals surface area contributed by atoms with Gasteiger partial charge in [0.2, 0.25) is 0 Å². The Morgan fingerprint density at radius 2 is 0.417 bits per heavy atom. The zero-order valence-corrected chi connectivity index (χ0v) is 42.1. The van der Waals surface area contributed by atoms with Gasteiger partial charge in [-0.05, 0) is 75.0 Å². The minimum absolute atomic E-state index is 0.369. The first-order chi connectivity index (χ1) is 29.7. The highest BCUT2D eigenvalue weighted by Crippen LogP contribution is 2.45. The molecule has 0 heterocycles. The molecule has 0 spiro atoms. The zero-order valence-electron chi connectivity index (χ0n) is 42.1. The van der Waals surface area contributed by atoms with Crippen molar-refractivity contribution in [2.45, 2.75) is 348 Å². The molecular formula is C58H116O2. The molecule has 0 aliphatic heterocycles. The third-order valence-corrected chi connectivity index (χ3v) is 15.7. The molecule has 0 aromatic rings. The lowest BCUT2D eigenvalue weighted by Crippen LogP contribution is -2.23. The second-order valence-electron chi connectivity index (χ2n) is 21.3. The highest BCUT2D eigenvalue weighted by molar-refractivity contribution is 4.83. The Kier molecular flexibility index (Phi) is 43.9. The van der Waals surface area contributed by atoms with Crippen LogP contribution in [0, 0.1) is 10.8 Å². The Bertz CT molecular complexity index is 741. The second-order valence-corrected chi connectivity index (χ2v) is 21.3. The molecule has 0 radical (unpaired) electrons. The molecule has 2 N–H and O–H groups in total. The predicted octanol–water partition coefficient (Wildman–Crippen LogP) is 20.3. The maximum atomic E-state index is 9.09. The van der Waals surface area contributed by atoms with Crippen LogP contribution in [0.15, 0.2) is 0 Å². The second kappa shape index (κ2) is 45.5. The van der Waals surface area contributed by atoms with Crippen LogP contribution < -0.4 is 0 Å². The van der Waals surface area contributed by atoms with Crippen molar-refractivity contribution < 1.29 is 10.2 Å². The number of rotatable bonds is 42. The van der Waals surface area contributed by atoms with Crippen molar-refractivity contribution in [2.24, 2.45) is 10.8 Å². The average molecular weight is 846 g/mol. The van der Waals surface area contributed by atoms with Crippen LogP contribution in [-0.4, -0.2) is 23.4 Å². The van der Waals surface area contributed by atoms with Crippen LogP contribution in [0.4, 0.5) is 0 Å². The van der Waals surface area contributed by atoms with E-state index in [1.807, 2.05) is 0 Å². The summed E-state index contributed by atoms with van der Waals surface area (Å²) < 4.78 is 0. The normalized spacial score (nSPS) is 16.6. The Morgan fingerprint density at radius 1 is 0.233 bits per heavy atom. The van der Waals surface area contributed by atoms with Gasteiger partial charge in [0, 0.05) is 13.2 Å². The van der Waals surface area contributed by atoms with Crippen molar-refractivity contribution in [1.29, 1.82) is 0 Å². The van der Waals surface area contributed by atoms with Crippen molar-refractivity contribution in [2.75, 3.05) is 13.2 Å². The minimum atomic E-state index is 0.369. The van der Waals surface area contributed by atoms with E-state index in [1.165, 1.54) is 321 Å². The van der Waals surface area contributed by atoms with E-state index < -0.39 is 0 Å². The van der Waals surface area contributed by atoms with Crippen molar-refractivity contribution in [3.05, 3.63) is 0 Å². The lowest BCUT2D eigenvalue weighted by atomic mass is 9.69. The fraction of sp³-hybridized carbons (Fsp3) is 1.00. The molecule has 0 saturated heterocycles. The summed E-state index contributed by atoms with van der Waals surface area (Å²) in [4.78, 5) is 0. The molecule has 0 aromatic heterocycles. The Labute approximate surface area is 380 Å². The van der Waals surface area contributed by atoms with Gasteiger partial charge in [-0.1, -0.05) is 284 Å². The van der Waals surface area contributed by atoms with E-state index in [9.17, 15) is 0 Å². The van der Waals surface area contributed by atoms with E-state index in [1.54, 1.807) is 0 Å². The summed E-state index contributed by atoms with van der Waals surface area (Å²) in [5, 5.41) is 18.2. The zero-order chi connectivity index (χ0) is 43.2. The Morgan fingerprint density at radius 3 is 0.617 bits per heavy atom. The fourth-order valence-electron chi connectivity index (χ4n) is 11.5. The average Bonchev–Trinajstić information content (AvgIpc) is 3.25. The van der Waals surface area contributed by atoms with Gasteiger partial charge < -0.3 is 10.2 Å². The van der Waals surface area contributed by atoms with Gasteiger partial charge in [-0.2, -0.15) is 0 Å². The summed E-state index contributed by atoms with van der Waals surface area (Å²) in [7, 11) is 0. The molecule has 0 unspecified atom stereocenters. The van der Waals surface area contributed by atoms with E-state index in [4.69, 9.17) is 10.2 Å². The van der Waals surface area contributed by atoms with Crippen molar-refractivity contribution in [3.8, 4) is 0 Å². The van der Waals surface area contributed by atoms with Gasteiger partial charge in [0.15, 0.2) is 0 Å². The third-order valence-electron chi connectivity index (χ3n) is 15.7. The van der Waals surface area contributed by atoms with E-state index in [0.29, 0.717) is 24.0 Å². The number of aliphatic hydroxyl groups is 2. The molecule has 1 saturated carbocycles. The van der Waals surface area contributed by atoms with Crippen LogP contribution in [0.1, 0.15) is 348 Å². The summed E-state index contributed by atoms with van der Waals surface area (Å²) in [6, 6.07) is 0. The summed E-state index contributed by atoms with van der Waals surface area (Å²) in [5.41, 5.74) is 1.27. The molecule has 2 nitrogen and oxygen atoms in total. The van der Waals surface area contributed by atoms with Crippen molar-refractivity contribution in [1.82, 2.24) is 0 Å². The van der Waals surface area contributed by atoms with Crippen LogP contribution in [0.25, 0.3) is 0 Å². The highest BCUT2D eigenvalue weighted by atomic mass is 16.3. The quantitative estimate of drug-likeness (QED) is 0.0601. The molecule has 2 heteroatoms. The van der Waals surface area contributed by atoms with Crippen molar-refractivity contribution in [3.63, 3.8) is 0 Å². The largest absolute Gasteiger partial charge is 0.396 e. The number of hydrogen-bond donors (Lipinski definition) is 2. The lowest BCUT2D eigenvalue weighted by molar-refractivity contribution is 0.157.